The minimum absolute atomic E-state index is 0.223. The normalized spacial score (nSPS) is 16.2. The number of fused-ring (bicyclic) bond motifs is 3. The Morgan fingerprint density at radius 1 is 0.395 bits per heavy atom. The summed E-state index contributed by atoms with van der Waals surface area (Å²) in [4.78, 5) is 48.2. The number of nitrogens with one attached hydrogen (secondary N) is 6. The summed E-state index contributed by atoms with van der Waals surface area (Å²) in [6, 6.07) is 29.2. The van der Waals surface area contributed by atoms with Gasteiger partial charge in [-0.2, -0.15) is 0 Å². The number of halogens is 6. The molecule has 0 unspecified atom stereocenters. The fourth-order valence-electron chi connectivity index (χ4n) is 15.6. The van der Waals surface area contributed by atoms with Crippen LogP contribution in [0.1, 0.15) is 65.0 Å². The highest BCUT2D eigenvalue weighted by molar-refractivity contribution is 6.02. The van der Waals surface area contributed by atoms with Crippen LogP contribution in [-0.2, 0) is 14.2 Å². The molecule has 0 aliphatic carbocycles. The molecule has 18 rings (SSSR count). The lowest BCUT2D eigenvalue weighted by molar-refractivity contribution is 0.122. The van der Waals surface area contributed by atoms with Crippen molar-refractivity contribution in [3.8, 4) is 34.2 Å². The predicted molar refractivity (Wildman–Crippen MR) is 436 cm³/mol. The zero-order chi connectivity index (χ0) is 78.2. The molecular weight excluding hydrogens is 1460 g/mol. The second-order valence-corrected chi connectivity index (χ2v) is 28.7. The molecule has 584 valence electrons. The van der Waals surface area contributed by atoms with Crippen molar-refractivity contribution in [2.75, 3.05) is 149 Å². The molecule has 0 spiro atoms. The number of anilines is 9. The first-order valence-electron chi connectivity index (χ1n) is 38.7. The molecule has 0 atom stereocenters. The van der Waals surface area contributed by atoms with E-state index < -0.39 is 34.9 Å². The van der Waals surface area contributed by atoms with E-state index in [1.807, 2.05) is 106 Å². The number of rotatable bonds is 15. The number of piperidine rings is 1. The van der Waals surface area contributed by atoms with Gasteiger partial charge >= 0.3 is 0 Å². The van der Waals surface area contributed by atoms with E-state index in [2.05, 4.69) is 94.7 Å². The summed E-state index contributed by atoms with van der Waals surface area (Å²) in [6.45, 7) is 19.2. The first-order chi connectivity index (χ1) is 55.7. The summed E-state index contributed by atoms with van der Waals surface area (Å²) >= 11 is 0. The van der Waals surface area contributed by atoms with Crippen molar-refractivity contribution in [2.24, 2.45) is 0 Å². The van der Waals surface area contributed by atoms with Crippen molar-refractivity contribution in [3.05, 3.63) is 227 Å². The lowest BCUT2D eigenvalue weighted by atomic mass is 9.90. The fraction of sp³-hybridized carbons (Fsp3) is 0.299. The monoisotopic (exact) mass is 1540 g/mol. The Kier molecular flexibility index (Phi) is 23.3. The highest BCUT2D eigenvalue weighted by Crippen LogP contribution is 2.45. The Balaban J connectivity index is 0.000000129. The molecule has 114 heavy (non-hydrogen) atoms. The Labute approximate surface area is 655 Å². The smallest absolute Gasteiger partial charge is 0.137 e. The van der Waals surface area contributed by atoms with Crippen LogP contribution >= 0.6 is 0 Å². The maximum Gasteiger partial charge on any atom is 0.137 e. The number of nitrogens with zero attached hydrogens (tertiary/aromatic N) is 12. The van der Waals surface area contributed by atoms with Crippen LogP contribution in [0, 0.1) is 55.7 Å². The number of morpholine rings is 3. The van der Waals surface area contributed by atoms with Gasteiger partial charge in [-0.3, -0.25) is 15.0 Å². The molecule has 12 aromatic rings. The average molecular weight is 1550 g/mol. The molecular formula is C87H86F6N18O3. The highest BCUT2D eigenvalue weighted by atomic mass is 19.2. The van der Waals surface area contributed by atoms with Gasteiger partial charge in [0.1, 0.15) is 52.4 Å². The molecule has 0 amide bonds. The van der Waals surface area contributed by atoms with Crippen LogP contribution in [0.2, 0.25) is 0 Å². The topological polar surface area (TPSA) is 226 Å². The summed E-state index contributed by atoms with van der Waals surface area (Å²) in [5.41, 5.74) is 15.9. The Hall–Kier alpha value is -11.6. The van der Waals surface area contributed by atoms with Crippen LogP contribution in [0.5, 0.6) is 0 Å². The van der Waals surface area contributed by atoms with Gasteiger partial charge in [0, 0.05) is 178 Å². The van der Waals surface area contributed by atoms with Crippen molar-refractivity contribution in [2.45, 2.75) is 52.4 Å². The van der Waals surface area contributed by atoms with Crippen LogP contribution in [0.3, 0.4) is 0 Å². The van der Waals surface area contributed by atoms with E-state index in [4.69, 9.17) is 29.2 Å². The van der Waals surface area contributed by atoms with E-state index in [0.29, 0.717) is 96.8 Å². The number of aromatic nitrogens is 9. The molecule has 0 saturated carbocycles. The molecule has 6 aliphatic rings. The molecule has 0 bridgehead atoms. The first-order valence-corrected chi connectivity index (χ1v) is 38.7. The summed E-state index contributed by atoms with van der Waals surface area (Å²) in [5.74, 6) is -1.21. The second kappa shape index (κ2) is 34.8. The van der Waals surface area contributed by atoms with E-state index in [0.717, 1.165) is 190 Å². The van der Waals surface area contributed by atoms with E-state index in [-0.39, 0.29) is 32.7 Å². The van der Waals surface area contributed by atoms with Gasteiger partial charge in [0.05, 0.1) is 135 Å². The van der Waals surface area contributed by atoms with Gasteiger partial charge in [0.2, 0.25) is 0 Å². The Morgan fingerprint density at radius 3 is 1.09 bits per heavy atom. The van der Waals surface area contributed by atoms with E-state index in [1.165, 1.54) is 29.3 Å². The maximum absolute atomic E-state index is 15.4. The minimum atomic E-state index is -0.677. The van der Waals surface area contributed by atoms with Crippen LogP contribution < -0.4 is 46.6 Å². The summed E-state index contributed by atoms with van der Waals surface area (Å²) in [6.07, 6.45) is 18.8. The molecule has 6 aliphatic heterocycles. The summed E-state index contributed by atoms with van der Waals surface area (Å²) in [5, 5.41) is 21.5. The molecule has 27 heteroatoms. The average Bonchev–Trinajstić information content (AvgIpc) is 0.764. The van der Waals surface area contributed by atoms with Crippen molar-refractivity contribution < 1.29 is 40.6 Å². The van der Waals surface area contributed by atoms with Crippen LogP contribution in [0.25, 0.3) is 78.0 Å². The molecule has 9 aromatic heterocycles. The van der Waals surface area contributed by atoms with Crippen LogP contribution in [-0.4, -0.2) is 163 Å². The second-order valence-electron chi connectivity index (χ2n) is 28.7. The third kappa shape index (κ3) is 16.7. The Morgan fingerprint density at radius 2 is 0.746 bits per heavy atom. The highest BCUT2D eigenvalue weighted by Gasteiger charge is 2.29. The standard InChI is InChI=1S/C29H30F2N6O.2C29H28F2N6O/c3*1-18-28(23-4-2-3-7-33-23)36-25-15-20(30)14-22(31)27(25)29(18)35-24-16-26(37-10-12-38-13-11-37)34-17-21(24)19-5-8-32-9-6-19/h2-4,7,14-17,19,32H,5-6,8-13H2,1H3,(H,34,35,36);2*2-5,7,14-17,32H,6,8-13H2,1H3,(H,34,35,36). The number of pyridine rings is 9. The third-order valence-electron chi connectivity index (χ3n) is 21.5. The third-order valence-corrected chi connectivity index (χ3v) is 21.5. The Bertz CT molecular complexity index is 5340. The van der Waals surface area contributed by atoms with E-state index >= 15 is 13.2 Å². The van der Waals surface area contributed by atoms with Gasteiger partial charge in [0.25, 0.3) is 0 Å². The molecule has 21 nitrogen and oxygen atoms in total. The van der Waals surface area contributed by atoms with E-state index in [1.54, 1.807) is 18.6 Å². The number of hydrogen-bond acceptors (Lipinski definition) is 21. The molecule has 3 aromatic carbocycles. The molecule has 15 heterocycles. The predicted octanol–water partition coefficient (Wildman–Crippen LogP) is 15.8. The van der Waals surface area contributed by atoms with Gasteiger partial charge in [-0.05, 0) is 132 Å². The largest absolute Gasteiger partial charge is 0.378 e. The molecule has 4 fully saturated rings. The molecule has 6 N–H and O–H groups in total. The van der Waals surface area contributed by atoms with Crippen LogP contribution in [0.15, 0.2) is 159 Å². The fourth-order valence-corrected chi connectivity index (χ4v) is 15.6. The zero-order valence-corrected chi connectivity index (χ0v) is 63.5. The van der Waals surface area contributed by atoms with Crippen molar-refractivity contribution in [1.29, 1.82) is 0 Å². The number of hydrogen-bond donors (Lipinski definition) is 6. The van der Waals surface area contributed by atoms with Crippen molar-refractivity contribution in [1.82, 2.24) is 60.8 Å². The van der Waals surface area contributed by atoms with Crippen LogP contribution in [0.4, 0.5) is 77.9 Å². The van der Waals surface area contributed by atoms with Gasteiger partial charge in [-0.1, -0.05) is 30.4 Å². The minimum Gasteiger partial charge on any atom is -0.378 e. The van der Waals surface area contributed by atoms with Gasteiger partial charge in [-0.15, -0.1) is 0 Å². The van der Waals surface area contributed by atoms with E-state index in [9.17, 15) is 13.2 Å². The SMILES string of the molecule is Cc1c(-c2ccccn2)nc2cc(F)cc(F)c2c1Nc1cc(N2CCOCC2)ncc1C1=CCNCC1.Cc1c(-c2ccccn2)nc2cc(F)cc(F)c2c1Nc1cc(N2CCOCC2)ncc1C1=CCNCC1.Cc1c(-c2ccccn2)nc2cc(F)cc(F)c2c1Nc1cc(N2CCOCC2)ncc1C1CCNCC1. The number of ether oxygens (including phenoxy) is 3. The van der Waals surface area contributed by atoms with Crippen molar-refractivity contribution in [3.63, 3.8) is 0 Å². The maximum atomic E-state index is 15.4. The molecule has 0 radical (unpaired) electrons. The summed E-state index contributed by atoms with van der Waals surface area (Å²) < 4.78 is 106. The lowest BCUT2D eigenvalue weighted by Gasteiger charge is -2.30. The molecule has 4 saturated heterocycles. The van der Waals surface area contributed by atoms with Gasteiger partial charge < -0.3 is 60.8 Å². The zero-order valence-electron chi connectivity index (χ0n) is 63.5. The van der Waals surface area contributed by atoms with Crippen molar-refractivity contribution >= 4 is 95.4 Å². The first kappa shape index (κ1) is 76.4. The lowest BCUT2D eigenvalue weighted by Crippen LogP contribution is -2.36. The van der Waals surface area contributed by atoms with Gasteiger partial charge in [0.15, 0.2) is 0 Å². The van der Waals surface area contributed by atoms with Gasteiger partial charge in [-0.25, -0.2) is 56.2 Å². The number of benzene rings is 3. The quantitative estimate of drug-likeness (QED) is 0.0525. The summed E-state index contributed by atoms with van der Waals surface area (Å²) in [7, 11) is 0.